The zero-order chi connectivity index (χ0) is 14.8. The third-order valence-corrected chi connectivity index (χ3v) is 3.18. The molecule has 1 heterocycles. The van der Waals surface area contributed by atoms with Crippen LogP contribution in [0.4, 0.5) is 13.2 Å². The predicted octanol–water partition coefficient (Wildman–Crippen LogP) is 1.70. The predicted molar refractivity (Wildman–Crippen MR) is 63.2 cm³/mol. The van der Waals surface area contributed by atoms with Crippen LogP contribution in [-0.2, 0) is 9.59 Å². The average Bonchev–Trinajstić information content (AvgIpc) is 2.32. The Labute approximate surface area is 110 Å². The van der Waals surface area contributed by atoms with E-state index in [4.69, 9.17) is 0 Å². The highest BCUT2D eigenvalue weighted by atomic mass is 19.4. The van der Waals surface area contributed by atoms with E-state index < -0.39 is 37.1 Å². The fraction of sp³-hybridized carbons (Fsp3) is 0.833. The van der Waals surface area contributed by atoms with Crippen molar-refractivity contribution >= 4 is 11.8 Å². The first kappa shape index (κ1) is 15.8. The Balaban J connectivity index is 2.86. The van der Waals surface area contributed by atoms with Gasteiger partial charge in [0.05, 0.1) is 6.42 Å². The maximum absolute atomic E-state index is 12.3. The van der Waals surface area contributed by atoms with Crippen molar-refractivity contribution in [1.29, 1.82) is 0 Å². The van der Waals surface area contributed by atoms with E-state index in [1.54, 1.807) is 20.8 Å². The second-order valence-corrected chi connectivity index (χ2v) is 5.24. The lowest BCUT2D eigenvalue weighted by atomic mass is 10.0. The molecule has 19 heavy (non-hydrogen) atoms. The Kier molecular flexibility index (Phi) is 4.81. The van der Waals surface area contributed by atoms with Crippen LogP contribution in [0, 0.1) is 5.92 Å². The summed E-state index contributed by atoms with van der Waals surface area (Å²) in [5, 5.41) is 2.57. The topological polar surface area (TPSA) is 49.4 Å². The van der Waals surface area contributed by atoms with Gasteiger partial charge in [0.2, 0.25) is 11.8 Å². The molecule has 0 aromatic rings. The molecule has 4 nitrogen and oxygen atoms in total. The van der Waals surface area contributed by atoms with Crippen LogP contribution in [0.2, 0.25) is 0 Å². The molecule has 1 aliphatic rings. The van der Waals surface area contributed by atoms with Crippen LogP contribution < -0.4 is 5.32 Å². The number of carbonyl (C=O) groups excluding carboxylic acids is 2. The summed E-state index contributed by atoms with van der Waals surface area (Å²) in [7, 11) is 0. The maximum Gasteiger partial charge on any atom is 0.390 e. The Morgan fingerprint density at radius 3 is 2.42 bits per heavy atom. The van der Waals surface area contributed by atoms with Gasteiger partial charge in [-0.05, 0) is 12.8 Å². The molecule has 2 amide bonds. The summed E-state index contributed by atoms with van der Waals surface area (Å²) in [5.74, 6) is -0.887. The van der Waals surface area contributed by atoms with E-state index in [-0.39, 0.29) is 18.2 Å². The van der Waals surface area contributed by atoms with Gasteiger partial charge >= 0.3 is 6.18 Å². The Morgan fingerprint density at radius 2 is 1.95 bits per heavy atom. The van der Waals surface area contributed by atoms with Gasteiger partial charge in [0.15, 0.2) is 0 Å². The second kappa shape index (κ2) is 5.79. The lowest BCUT2D eigenvalue weighted by molar-refractivity contribution is -0.148. The molecule has 0 aliphatic carbocycles. The standard InChI is InChI=1S/C12H19F3N2O2/c1-7(2)10-11(19)17(5-4-12(13,14)15)8(3)6-9(18)16-10/h7-8,10H,4-6H2,1-3H3,(H,16,18). The van der Waals surface area contributed by atoms with Gasteiger partial charge in [-0.1, -0.05) is 13.8 Å². The van der Waals surface area contributed by atoms with E-state index in [1.807, 2.05) is 0 Å². The van der Waals surface area contributed by atoms with Crippen molar-refractivity contribution in [3.05, 3.63) is 0 Å². The number of alkyl halides is 3. The minimum absolute atomic E-state index is 0.0345. The van der Waals surface area contributed by atoms with Gasteiger partial charge in [0.1, 0.15) is 6.04 Å². The van der Waals surface area contributed by atoms with Crippen molar-refractivity contribution in [2.24, 2.45) is 5.92 Å². The maximum atomic E-state index is 12.3. The zero-order valence-electron chi connectivity index (χ0n) is 11.3. The zero-order valence-corrected chi connectivity index (χ0v) is 11.3. The Bertz CT molecular complexity index is 355. The molecule has 0 aromatic carbocycles. The van der Waals surface area contributed by atoms with E-state index in [9.17, 15) is 22.8 Å². The van der Waals surface area contributed by atoms with Crippen molar-refractivity contribution in [2.45, 2.75) is 51.9 Å². The van der Waals surface area contributed by atoms with Crippen LogP contribution in [0.5, 0.6) is 0 Å². The van der Waals surface area contributed by atoms with Gasteiger partial charge in [-0.25, -0.2) is 0 Å². The first-order valence-electron chi connectivity index (χ1n) is 6.28. The molecule has 2 unspecified atom stereocenters. The summed E-state index contributed by atoms with van der Waals surface area (Å²) >= 11 is 0. The molecule has 7 heteroatoms. The van der Waals surface area contributed by atoms with Gasteiger partial charge < -0.3 is 10.2 Å². The summed E-state index contributed by atoms with van der Waals surface area (Å²) in [5.41, 5.74) is 0. The number of nitrogens with zero attached hydrogens (tertiary/aromatic N) is 1. The van der Waals surface area contributed by atoms with Crippen molar-refractivity contribution < 1.29 is 22.8 Å². The molecule has 0 aromatic heterocycles. The molecule has 2 atom stereocenters. The third kappa shape index (κ3) is 4.40. The highest BCUT2D eigenvalue weighted by Crippen LogP contribution is 2.23. The SMILES string of the molecule is CC(C)C1NC(=O)CC(C)N(CCC(F)(F)F)C1=O. The van der Waals surface area contributed by atoms with E-state index in [1.165, 1.54) is 0 Å². The van der Waals surface area contributed by atoms with Gasteiger partial charge in [0, 0.05) is 19.0 Å². The summed E-state index contributed by atoms with van der Waals surface area (Å²) in [6.45, 7) is 4.69. The van der Waals surface area contributed by atoms with Crippen molar-refractivity contribution in [1.82, 2.24) is 10.2 Å². The quantitative estimate of drug-likeness (QED) is 0.855. The second-order valence-electron chi connectivity index (χ2n) is 5.24. The van der Waals surface area contributed by atoms with Crippen LogP contribution in [0.25, 0.3) is 0 Å². The number of hydrogen-bond donors (Lipinski definition) is 1. The van der Waals surface area contributed by atoms with E-state index in [0.717, 1.165) is 4.90 Å². The van der Waals surface area contributed by atoms with Crippen LogP contribution in [0.15, 0.2) is 0 Å². The number of halogens is 3. The third-order valence-electron chi connectivity index (χ3n) is 3.18. The summed E-state index contributed by atoms with van der Waals surface area (Å²) in [6.07, 6.45) is -5.33. The first-order chi connectivity index (χ1) is 8.61. The molecule has 0 spiro atoms. The largest absolute Gasteiger partial charge is 0.390 e. The first-order valence-corrected chi connectivity index (χ1v) is 6.28. The minimum Gasteiger partial charge on any atom is -0.344 e. The molecule has 0 radical (unpaired) electrons. The normalized spacial score (nSPS) is 25.5. The lowest BCUT2D eigenvalue weighted by Gasteiger charge is -2.30. The molecular formula is C12H19F3N2O2. The van der Waals surface area contributed by atoms with Crippen LogP contribution in [0.1, 0.15) is 33.6 Å². The number of hydrogen-bond acceptors (Lipinski definition) is 2. The van der Waals surface area contributed by atoms with E-state index >= 15 is 0 Å². The molecule has 1 rings (SSSR count). The minimum atomic E-state index is -4.31. The molecule has 1 aliphatic heterocycles. The monoisotopic (exact) mass is 280 g/mol. The van der Waals surface area contributed by atoms with Crippen LogP contribution >= 0.6 is 0 Å². The van der Waals surface area contributed by atoms with Gasteiger partial charge in [0.25, 0.3) is 0 Å². The smallest absolute Gasteiger partial charge is 0.344 e. The molecule has 0 bridgehead atoms. The summed E-state index contributed by atoms with van der Waals surface area (Å²) in [4.78, 5) is 25.0. The van der Waals surface area contributed by atoms with Crippen LogP contribution in [-0.4, -0.2) is 41.5 Å². The van der Waals surface area contributed by atoms with E-state index in [2.05, 4.69) is 5.32 Å². The molecule has 110 valence electrons. The van der Waals surface area contributed by atoms with Gasteiger partial charge in [-0.15, -0.1) is 0 Å². The highest BCUT2D eigenvalue weighted by molar-refractivity contribution is 5.90. The highest BCUT2D eigenvalue weighted by Gasteiger charge is 2.37. The van der Waals surface area contributed by atoms with Crippen molar-refractivity contribution in [2.75, 3.05) is 6.54 Å². The van der Waals surface area contributed by atoms with Crippen molar-refractivity contribution in [3.8, 4) is 0 Å². The van der Waals surface area contributed by atoms with Crippen LogP contribution in [0.3, 0.4) is 0 Å². The number of nitrogens with one attached hydrogen (secondary N) is 1. The summed E-state index contributed by atoms with van der Waals surface area (Å²) in [6, 6.07) is -1.26. The molecule has 1 saturated heterocycles. The van der Waals surface area contributed by atoms with Gasteiger partial charge in [-0.3, -0.25) is 9.59 Å². The van der Waals surface area contributed by atoms with Crippen molar-refractivity contribution in [3.63, 3.8) is 0 Å². The number of rotatable bonds is 3. The van der Waals surface area contributed by atoms with Gasteiger partial charge in [-0.2, -0.15) is 13.2 Å². The fourth-order valence-corrected chi connectivity index (χ4v) is 2.10. The summed E-state index contributed by atoms with van der Waals surface area (Å²) < 4.78 is 36.8. The van der Waals surface area contributed by atoms with E-state index in [0.29, 0.717) is 0 Å². The lowest BCUT2D eigenvalue weighted by Crippen LogP contribution is -2.49. The fourth-order valence-electron chi connectivity index (χ4n) is 2.10. The average molecular weight is 280 g/mol. The molecule has 1 fully saturated rings. The Morgan fingerprint density at radius 1 is 1.37 bits per heavy atom. The number of amides is 2. The molecular weight excluding hydrogens is 261 g/mol. The number of carbonyl (C=O) groups is 2. The molecule has 0 saturated carbocycles. The molecule has 1 N–H and O–H groups in total. The Hall–Kier alpha value is -1.27.